The Bertz CT molecular complexity index is 1340. The van der Waals surface area contributed by atoms with Crippen molar-refractivity contribution in [1.29, 1.82) is 0 Å². The number of nitrogens with zero attached hydrogens (tertiary/aromatic N) is 2. The number of aromatic nitrogens is 2. The second-order valence-corrected chi connectivity index (χ2v) is 10.9. The third-order valence-electron chi connectivity index (χ3n) is 5.06. The van der Waals surface area contributed by atoms with Crippen molar-refractivity contribution in [2.45, 2.75) is 14.6 Å². The van der Waals surface area contributed by atoms with Crippen LogP contribution < -0.4 is 5.32 Å². The summed E-state index contributed by atoms with van der Waals surface area (Å²) in [6, 6.07) is 32.6. The molecule has 2 aromatic heterocycles. The monoisotopic (exact) mass is 499 g/mol. The first-order valence-electron chi connectivity index (χ1n) is 10.8. The zero-order valence-corrected chi connectivity index (χ0v) is 20.6. The van der Waals surface area contributed by atoms with Gasteiger partial charge in [-0.2, -0.15) is 0 Å². The average Bonchev–Trinajstić information content (AvgIpc) is 3.29. The van der Waals surface area contributed by atoms with E-state index in [1.54, 1.807) is 29.3 Å². The molecule has 3 aromatic carbocycles. The van der Waals surface area contributed by atoms with E-state index in [0.29, 0.717) is 5.75 Å². The molecule has 0 aliphatic carbocycles. The van der Waals surface area contributed by atoms with Crippen molar-refractivity contribution in [3.63, 3.8) is 0 Å². The molecule has 0 aliphatic rings. The van der Waals surface area contributed by atoms with Crippen molar-refractivity contribution >= 4 is 56.7 Å². The molecule has 1 amide bonds. The van der Waals surface area contributed by atoms with E-state index in [2.05, 4.69) is 58.8 Å². The lowest BCUT2D eigenvalue weighted by Crippen LogP contribution is -2.13. The SMILES string of the molecule is O=C(CSc1ccccn1)Nc1ccc2nc(SC(c3ccccc3)c3ccccc3)sc2c1. The molecule has 0 saturated carbocycles. The zero-order valence-electron chi connectivity index (χ0n) is 18.1. The van der Waals surface area contributed by atoms with Gasteiger partial charge >= 0.3 is 0 Å². The molecule has 2 heterocycles. The van der Waals surface area contributed by atoms with E-state index in [1.165, 1.54) is 22.9 Å². The van der Waals surface area contributed by atoms with Crippen molar-refractivity contribution < 1.29 is 4.79 Å². The van der Waals surface area contributed by atoms with Gasteiger partial charge in [0.2, 0.25) is 5.91 Å². The first-order chi connectivity index (χ1) is 16.7. The number of hydrogen-bond donors (Lipinski definition) is 1. The van der Waals surface area contributed by atoms with Crippen molar-refractivity contribution in [1.82, 2.24) is 9.97 Å². The smallest absolute Gasteiger partial charge is 0.234 e. The third kappa shape index (κ3) is 5.67. The summed E-state index contributed by atoms with van der Waals surface area (Å²) in [5.41, 5.74) is 4.21. The largest absolute Gasteiger partial charge is 0.325 e. The van der Waals surface area contributed by atoms with Gasteiger partial charge in [-0.15, -0.1) is 11.3 Å². The van der Waals surface area contributed by atoms with Crippen LogP contribution in [-0.4, -0.2) is 21.6 Å². The summed E-state index contributed by atoms with van der Waals surface area (Å²) in [4.78, 5) is 21.5. The van der Waals surface area contributed by atoms with E-state index < -0.39 is 0 Å². The van der Waals surface area contributed by atoms with Crippen LogP contribution >= 0.6 is 34.9 Å². The minimum absolute atomic E-state index is 0.0534. The second-order valence-electron chi connectivity index (χ2n) is 7.49. The summed E-state index contributed by atoms with van der Waals surface area (Å²) in [6.45, 7) is 0. The molecule has 0 fully saturated rings. The summed E-state index contributed by atoms with van der Waals surface area (Å²) in [7, 11) is 0. The highest BCUT2D eigenvalue weighted by Gasteiger charge is 2.18. The number of pyridine rings is 1. The highest BCUT2D eigenvalue weighted by Crippen LogP contribution is 2.43. The molecule has 0 radical (unpaired) electrons. The first kappa shape index (κ1) is 22.7. The lowest BCUT2D eigenvalue weighted by atomic mass is 10.0. The summed E-state index contributed by atoms with van der Waals surface area (Å²) in [6.07, 6.45) is 1.73. The highest BCUT2D eigenvalue weighted by atomic mass is 32.2. The number of carbonyl (C=O) groups excluding carboxylic acids is 1. The van der Waals surface area contributed by atoms with Crippen LogP contribution in [0.2, 0.25) is 0 Å². The van der Waals surface area contributed by atoms with Crippen molar-refractivity contribution in [3.05, 3.63) is 114 Å². The Morgan fingerprint density at radius 3 is 2.26 bits per heavy atom. The highest BCUT2D eigenvalue weighted by molar-refractivity contribution is 8.01. The van der Waals surface area contributed by atoms with Gasteiger partial charge in [-0.3, -0.25) is 4.79 Å². The minimum atomic E-state index is -0.0534. The molecular weight excluding hydrogens is 479 g/mol. The Balaban J connectivity index is 1.31. The Kier molecular flexibility index (Phi) is 7.24. The van der Waals surface area contributed by atoms with Gasteiger partial charge in [0.25, 0.3) is 0 Å². The standard InChI is InChI=1S/C27H21N3OS3/c31-24(18-32-25-13-7-8-16-28-25)29-21-14-15-22-23(17-21)33-27(30-22)34-26(19-9-3-1-4-10-19)20-11-5-2-6-12-20/h1-17,26H,18H2,(H,29,31). The van der Waals surface area contributed by atoms with Gasteiger partial charge in [-0.1, -0.05) is 90.3 Å². The van der Waals surface area contributed by atoms with Gasteiger partial charge in [0.05, 0.1) is 26.2 Å². The minimum Gasteiger partial charge on any atom is -0.325 e. The number of amides is 1. The summed E-state index contributed by atoms with van der Waals surface area (Å²) in [5.74, 6) is 0.261. The third-order valence-corrected chi connectivity index (χ3v) is 8.43. The second kappa shape index (κ2) is 10.9. The zero-order chi connectivity index (χ0) is 23.2. The number of carbonyl (C=O) groups is 1. The van der Waals surface area contributed by atoms with Crippen molar-refractivity contribution in [3.8, 4) is 0 Å². The van der Waals surface area contributed by atoms with Crippen molar-refractivity contribution in [2.24, 2.45) is 0 Å². The van der Waals surface area contributed by atoms with E-state index in [4.69, 9.17) is 4.98 Å². The van der Waals surface area contributed by atoms with E-state index in [-0.39, 0.29) is 11.2 Å². The molecule has 168 valence electrons. The van der Waals surface area contributed by atoms with E-state index >= 15 is 0 Å². The molecule has 0 saturated heterocycles. The number of benzene rings is 3. The van der Waals surface area contributed by atoms with Crippen LogP contribution in [-0.2, 0) is 4.79 Å². The summed E-state index contributed by atoms with van der Waals surface area (Å²) in [5, 5.41) is 3.99. The lowest BCUT2D eigenvalue weighted by molar-refractivity contribution is -0.113. The number of hydrogen-bond acceptors (Lipinski definition) is 6. The van der Waals surface area contributed by atoms with Gasteiger partial charge < -0.3 is 5.32 Å². The fourth-order valence-electron chi connectivity index (χ4n) is 3.49. The van der Waals surface area contributed by atoms with Crippen LogP contribution in [0, 0.1) is 0 Å². The Hall–Kier alpha value is -3.13. The number of thioether (sulfide) groups is 2. The lowest BCUT2D eigenvalue weighted by Gasteiger charge is -2.16. The van der Waals surface area contributed by atoms with Gasteiger partial charge in [-0.05, 0) is 41.5 Å². The summed E-state index contributed by atoms with van der Waals surface area (Å²) >= 11 is 4.83. The van der Waals surface area contributed by atoms with Crippen LogP contribution in [0.1, 0.15) is 16.4 Å². The maximum absolute atomic E-state index is 12.4. The van der Waals surface area contributed by atoms with Crippen LogP contribution in [0.5, 0.6) is 0 Å². The topological polar surface area (TPSA) is 54.9 Å². The predicted octanol–water partition coefficient (Wildman–Crippen LogP) is 7.30. The van der Waals surface area contributed by atoms with Gasteiger partial charge in [0, 0.05) is 11.9 Å². The summed E-state index contributed by atoms with van der Waals surface area (Å²) < 4.78 is 2.06. The van der Waals surface area contributed by atoms with Gasteiger partial charge in [0.15, 0.2) is 4.34 Å². The Morgan fingerprint density at radius 2 is 1.59 bits per heavy atom. The molecule has 0 unspecified atom stereocenters. The maximum Gasteiger partial charge on any atom is 0.234 e. The molecule has 0 spiro atoms. The van der Waals surface area contributed by atoms with E-state index in [9.17, 15) is 4.79 Å². The molecule has 0 aliphatic heterocycles. The van der Waals surface area contributed by atoms with E-state index in [0.717, 1.165) is 25.3 Å². The molecule has 0 atom stereocenters. The molecule has 1 N–H and O–H groups in total. The van der Waals surface area contributed by atoms with Crippen LogP contribution in [0.25, 0.3) is 10.2 Å². The molecular formula is C27H21N3OS3. The number of fused-ring (bicyclic) bond motifs is 1. The van der Waals surface area contributed by atoms with Crippen LogP contribution in [0.3, 0.4) is 0 Å². The normalized spacial score (nSPS) is 11.1. The fourth-order valence-corrected chi connectivity index (χ4v) is 6.57. The molecule has 5 rings (SSSR count). The molecule has 5 aromatic rings. The molecule has 7 heteroatoms. The Labute approximate surface area is 210 Å². The average molecular weight is 500 g/mol. The molecule has 4 nitrogen and oxygen atoms in total. The first-order valence-corrected chi connectivity index (χ1v) is 13.4. The quantitative estimate of drug-likeness (QED) is 0.227. The number of rotatable bonds is 8. The van der Waals surface area contributed by atoms with Gasteiger partial charge in [-0.25, -0.2) is 9.97 Å². The van der Waals surface area contributed by atoms with E-state index in [1.807, 2.05) is 48.5 Å². The fraction of sp³-hybridized carbons (Fsp3) is 0.0741. The molecule has 0 bridgehead atoms. The number of thiazole rings is 1. The number of nitrogens with one attached hydrogen (secondary N) is 1. The number of anilines is 1. The van der Waals surface area contributed by atoms with Crippen LogP contribution in [0.4, 0.5) is 5.69 Å². The predicted molar refractivity (Wildman–Crippen MR) is 144 cm³/mol. The van der Waals surface area contributed by atoms with Gasteiger partial charge in [0.1, 0.15) is 0 Å². The maximum atomic E-state index is 12.4. The molecule has 34 heavy (non-hydrogen) atoms. The van der Waals surface area contributed by atoms with Crippen molar-refractivity contribution in [2.75, 3.05) is 11.1 Å². The van der Waals surface area contributed by atoms with Crippen LogP contribution in [0.15, 0.2) is 113 Å². The Morgan fingerprint density at radius 1 is 0.882 bits per heavy atom.